The minimum Gasteiger partial charge on any atom is -0.319 e. The summed E-state index contributed by atoms with van der Waals surface area (Å²) in [5.74, 6) is 0. The monoisotopic (exact) mass is 115 g/mol. The number of hydrogen-bond donors (Lipinski definition) is 1. The van der Waals surface area contributed by atoms with Gasteiger partial charge in [-0.25, -0.2) is 0 Å². The molecule has 0 aromatic heterocycles. The molecule has 0 radical (unpaired) electrons. The molecule has 0 saturated heterocycles. The zero-order valence-corrected chi connectivity index (χ0v) is 5.48. The molecular formula is C6H13NO. The van der Waals surface area contributed by atoms with Gasteiger partial charge in [-0.05, 0) is 12.8 Å². The van der Waals surface area contributed by atoms with Crippen LogP contribution in [-0.2, 0) is 4.79 Å². The highest BCUT2D eigenvalue weighted by Gasteiger charge is 2.17. The van der Waals surface area contributed by atoms with Crippen LogP contribution < -0.4 is 5.73 Å². The Labute approximate surface area is 50.1 Å². The van der Waals surface area contributed by atoms with Gasteiger partial charge in [-0.1, -0.05) is 13.8 Å². The molecule has 0 rings (SSSR count). The highest BCUT2D eigenvalue weighted by Crippen LogP contribution is 2.05. The van der Waals surface area contributed by atoms with Crippen LogP contribution in [0.1, 0.15) is 26.7 Å². The van der Waals surface area contributed by atoms with Crippen LogP contribution in [0.25, 0.3) is 0 Å². The van der Waals surface area contributed by atoms with Gasteiger partial charge in [-0.2, -0.15) is 0 Å². The summed E-state index contributed by atoms with van der Waals surface area (Å²) in [5.41, 5.74) is 4.97. The van der Waals surface area contributed by atoms with Gasteiger partial charge < -0.3 is 10.5 Å². The fourth-order valence-corrected chi connectivity index (χ4v) is 0.417. The molecule has 48 valence electrons. The summed E-state index contributed by atoms with van der Waals surface area (Å²) in [4.78, 5) is 10.2. The predicted octanol–water partition coefficient (Wildman–Crippen LogP) is 0.703. The number of rotatable bonds is 3. The van der Waals surface area contributed by atoms with Crippen LogP contribution in [0.3, 0.4) is 0 Å². The van der Waals surface area contributed by atoms with Crippen molar-refractivity contribution in [2.24, 2.45) is 5.73 Å². The summed E-state index contributed by atoms with van der Waals surface area (Å²) >= 11 is 0. The highest BCUT2D eigenvalue weighted by atomic mass is 16.1. The molecule has 2 nitrogen and oxygen atoms in total. The molecule has 2 N–H and O–H groups in total. The molecule has 8 heavy (non-hydrogen) atoms. The van der Waals surface area contributed by atoms with Gasteiger partial charge in [0.25, 0.3) is 0 Å². The third-order valence-electron chi connectivity index (χ3n) is 1.55. The summed E-state index contributed by atoms with van der Waals surface area (Å²) < 4.78 is 0. The van der Waals surface area contributed by atoms with Crippen LogP contribution in [0, 0.1) is 0 Å². The van der Waals surface area contributed by atoms with Crippen LogP contribution in [0.5, 0.6) is 0 Å². The van der Waals surface area contributed by atoms with Gasteiger partial charge in [0, 0.05) is 0 Å². The fraction of sp³-hybridized carbons (Fsp3) is 0.833. The minimum atomic E-state index is -0.556. The van der Waals surface area contributed by atoms with E-state index in [9.17, 15) is 4.79 Å². The molecule has 0 unspecified atom stereocenters. The maximum atomic E-state index is 10.2. The van der Waals surface area contributed by atoms with Crippen molar-refractivity contribution in [2.75, 3.05) is 0 Å². The summed E-state index contributed by atoms with van der Waals surface area (Å²) in [5, 5.41) is 0. The number of carbonyl (C=O) groups excluding carboxylic acids is 1. The average Bonchev–Trinajstić information content (AvgIpc) is 1.87. The summed E-state index contributed by atoms with van der Waals surface area (Å²) in [7, 11) is 0. The number of aldehydes is 1. The quantitative estimate of drug-likeness (QED) is 0.550. The predicted molar refractivity (Wildman–Crippen MR) is 33.6 cm³/mol. The van der Waals surface area contributed by atoms with Crippen LogP contribution in [0.4, 0.5) is 0 Å². The van der Waals surface area contributed by atoms with E-state index in [1.54, 1.807) is 0 Å². The Hall–Kier alpha value is -0.370. The van der Waals surface area contributed by atoms with E-state index in [2.05, 4.69) is 0 Å². The third kappa shape index (κ3) is 1.62. The lowest BCUT2D eigenvalue weighted by molar-refractivity contribution is -0.112. The van der Waals surface area contributed by atoms with Crippen molar-refractivity contribution in [1.82, 2.24) is 0 Å². The molecule has 0 aromatic carbocycles. The summed E-state index contributed by atoms with van der Waals surface area (Å²) in [6.45, 7) is 3.83. The number of carbonyl (C=O) groups is 1. The Bertz CT molecular complexity index is 76.6. The van der Waals surface area contributed by atoms with Gasteiger partial charge in [0.05, 0.1) is 5.54 Å². The Morgan fingerprint density at radius 1 is 1.50 bits per heavy atom. The molecule has 0 aromatic rings. The lowest BCUT2D eigenvalue weighted by Gasteiger charge is -2.16. The average molecular weight is 115 g/mol. The standard InChI is InChI=1S/C6H13NO/c1-3-6(7,4-2)5-8/h5H,3-4,7H2,1-2H3. The van der Waals surface area contributed by atoms with Gasteiger partial charge in [-0.3, -0.25) is 0 Å². The Morgan fingerprint density at radius 2 is 1.88 bits per heavy atom. The Morgan fingerprint density at radius 3 is 1.88 bits per heavy atom. The summed E-state index contributed by atoms with van der Waals surface area (Å²) in [6.07, 6.45) is 2.28. The van der Waals surface area contributed by atoms with Crippen molar-refractivity contribution in [3.63, 3.8) is 0 Å². The first-order chi connectivity index (χ1) is 3.68. The van der Waals surface area contributed by atoms with E-state index in [4.69, 9.17) is 5.73 Å². The SMILES string of the molecule is CCC(N)(C=O)CC. The first kappa shape index (κ1) is 7.63. The topological polar surface area (TPSA) is 43.1 Å². The molecule has 0 saturated carbocycles. The van der Waals surface area contributed by atoms with Crippen molar-refractivity contribution in [2.45, 2.75) is 32.2 Å². The van der Waals surface area contributed by atoms with Gasteiger partial charge in [0.2, 0.25) is 0 Å². The van der Waals surface area contributed by atoms with E-state index in [0.29, 0.717) is 0 Å². The minimum absolute atomic E-state index is 0.556. The maximum Gasteiger partial charge on any atom is 0.139 e. The largest absolute Gasteiger partial charge is 0.319 e. The van der Waals surface area contributed by atoms with E-state index >= 15 is 0 Å². The maximum absolute atomic E-state index is 10.2. The van der Waals surface area contributed by atoms with Crippen LogP contribution >= 0.6 is 0 Å². The van der Waals surface area contributed by atoms with Crippen molar-refractivity contribution in [3.8, 4) is 0 Å². The van der Waals surface area contributed by atoms with Crippen molar-refractivity contribution < 1.29 is 4.79 Å². The molecule has 0 atom stereocenters. The van der Waals surface area contributed by atoms with Crippen molar-refractivity contribution >= 4 is 6.29 Å². The van der Waals surface area contributed by atoms with Gasteiger partial charge in [-0.15, -0.1) is 0 Å². The fourth-order valence-electron chi connectivity index (χ4n) is 0.417. The second kappa shape index (κ2) is 2.82. The molecular weight excluding hydrogens is 102 g/mol. The van der Waals surface area contributed by atoms with Gasteiger partial charge in [0.15, 0.2) is 0 Å². The second-order valence-electron chi connectivity index (χ2n) is 2.06. The second-order valence-corrected chi connectivity index (χ2v) is 2.06. The zero-order chi connectivity index (χ0) is 6.62. The summed E-state index contributed by atoms with van der Waals surface area (Å²) in [6, 6.07) is 0. The van der Waals surface area contributed by atoms with Crippen LogP contribution in [0.2, 0.25) is 0 Å². The normalized spacial score (nSPS) is 11.4. The molecule has 0 aliphatic heterocycles. The van der Waals surface area contributed by atoms with E-state index in [0.717, 1.165) is 19.1 Å². The van der Waals surface area contributed by atoms with Crippen LogP contribution in [-0.4, -0.2) is 11.8 Å². The third-order valence-corrected chi connectivity index (χ3v) is 1.55. The molecule has 0 amide bonds. The number of nitrogens with two attached hydrogens (primary N) is 1. The van der Waals surface area contributed by atoms with Crippen LogP contribution in [0.15, 0.2) is 0 Å². The molecule has 0 bridgehead atoms. The van der Waals surface area contributed by atoms with Gasteiger partial charge >= 0.3 is 0 Å². The number of hydrogen-bond acceptors (Lipinski definition) is 2. The van der Waals surface area contributed by atoms with Crippen molar-refractivity contribution in [3.05, 3.63) is 0 Å². The van der Waals surface area contributed by atoms with E-state index in [1.807, 2.05) is 13.8 Å². The Balaban J connectivity index is 3.76. The molecule has 0 aliphatic carbocycles. The molecule has 0 aliphatic rings. The highest BCUT2D eigenvalue weighted by molar-refractivity contribution is 5.63. The van der Waals surface area contributed by atoms with Gasteiger partial charge in [0.1, 0.15) is 6.29 Å². The lowest BCUT2D eigenvalue weighted by Crippen LogP contribution is -2.39. The Kier molecular flexibility index (Phi) is 2.69. The smallest absolute Gasteiger partial charge is 0.139 e. The lowest BCUT2D eigenvalue weighted by atomic mass is 9.97. The first-order valence-electron chi connectivity index (χ1n) is 2.93. The van der Waals surface area contributed by atoms with E-state index in [-0.39, 0.29) is 0 Å². The molecule has 0 fully saturated rings. The molecule has 0 spiro atoms. The molecule has 0 heterocycles. The van der Waals surface area contributed by atoms with E-state index in [1.165, 1.54) is 0 Å². The zero-order valence-electron chi connectivity index (χ0n) is 5.48. The first-order valence-corrected chi connectivity index (χ1v) is 2.93. The van der Waals surface area contributed by atoms with E-state index < -0.39 is 5.54 Å². The molecule has 2 heteroatoms. The van der Waals surface area contributed by atoms with Crippen molar-refractivity contribution in [1.29, 1.82) is 0 Å².